The summed E-state index contributed by atoms with van der Waals surface area (Å²) in [6, 6.07) is 10.5. The lowest BCUT2D eigenvalue weighted by Crippen LogP contribution is -2.14. The zero-order valence-electron chi connectivity index (χ0n) is 13.5. The van der Waals surface area contributed by atoms with E-state index in [4.69, 9.17) is 0 Å². The highest BCUT2D eigenvalue weighted by molar-refractivity contribution is 9.10. The number of sulfonamides is 1. The van der Waals surface area contributed by atoms with Crippen LogP contribution in [0, 0.1) is 5.82 Å². The maximum absolute atomic E-state index is 13.0. The second-order valence-corrected chi connectivity index (χ2v) is 8.15. The monoisotopic (exact) mass is 451 g/mol. The van der Waals surface area contributed by atoms with Crippen LogP contribution in [0.4, 0.5) is 10.2 Å². The molecule has 0 bridgehead atoms. The lowest BCUT2D eigenvalue weighted by Gasteiger charge is -2.06. The molecular weight excluding hydrogens is 441 g/mol. The van der Waals surface area contributed by atoms with E-state index in [1.165, 1.54) is 22.9 Å². The second-order valence-electron chi connectivity index (χ2n) is 5.64. The van der Waals surface area contributed by atoms with Crippen molar-refractivity contribution in [2.45, 2.75) is 11.4 Å². The zero-order valence-corrected chi connectivity index (χ0v) is 15.9. The van der Waals surface area contributed by atoms with Gasteiger partial charge in [-0.2, -0.15) is 5.10 Å². The predicted molar refractivity (Wildman–Crippen MR) is 98.0 cm³/mol. The number of hydrogen-bond donors (Lipinski definition) is 1. The average molecular weight is 452 g/mol. The van der Waals surface area contributed by atoms with Gasteiger partial charge in [0.05, 0.1) is 11.0 Å². The minimum atomic E-state index is -3.97. The standard InChI is InChI=1S/C16H11BrFN5O3S/c17-12-9-23(8-10-4-6-11(18)7-5-10)19-16(12)22-27(24,25)14-3-1-2-13-15(14)21-26-20-13/h1-7,9H,8H2,(H,19,22). The van der Waals surface area contributed by atoms with Crippen molar-refractivity contribution < 1.29 is 17.4 Å². The van der Waals surface area contributed by atoms with Gasteiger partial charge in [0.2, 0.25) is 0 Å². The number of halogens is 2. The highest BCUT2D eigenvalue weighted by atomic mass is 79.9. The molecule has 0 aliphatic carbocycles. The van der Waals surface area contributed by atoms with E-state index in [0.717, 1.165) is 5.56 Å². The molecular formula is C16H11BrFN5O3S. The first kappa shape index (κ1) is 17.6. The Bertz CT molecular complexity index is 1220. The summed E-state index contributed by atoms with van der Waals surface area (Å²) in [5.74, 6) is -0.212. The first-order valence-electron chi connectivity index (χ1n) is 7.64. The molecule has 4 rings (SSSR count). The van der Waals surface area contributed by atoms with Crippen LogP contribution in [0.1, 0.15) is 5.56 Å². The van der Waals surface area contributed by atoms with Gasteiger partial charge in [-0.05, 0) is 56.1 Å². The van der Waals surface area contributed by atoms with Crippen LogP contribution in [0.2, 0.25) is 0 Å². The first-order chi connectivity index (χ1) is 12.9. The fraction of sp³-hybridized carbons (Fsp3) is 0.0625. The van der Waals surface area contributed by atoms with E-state index in [0.29, 0.717) is 16.5 Å². The third-order valence-electron chi connectivity index (χ3n) is 3.74. The van der Waals surface area contributed by atoms with Gasteiger partial charge in [0, 0.05) is 6.20 Å². The van der Waals surface area contributed by atoms with Crippen molar-refractivity contribution in [2.24, 2.45) is 0 Å². The Morgan fingerprint density at radius 2 is 1.93 bits per heavy atom. The molecule has 11 heteroatoms. The number of aromatic nitrogens is 4. The van der Waals surface area contributed by atoms with Crippen molar-refractivity contribution in [3.05, 3.63) is 64.5 Å². The molecule has 2 heterocycles. The number of anilines is 1. The number of rotatable bonds is 5. The summed E-state index contributed by atoms with van der Waals surface area (Å²) in [5.41, 5.74) is 1.28. The fourth-order valence-electron chi connectivity index (χ4n) is 2.50. The van der Waals surface area contributed by atoms with Gasteiger partial charge in [-0.15, -0.1) is 0 Å². The van der Waals surface area contributed by atoms with Crippen LogP contribution < -0.4 is 4.72 Å². The molecule has 0 fully saturated rings. The number of nitrogens with one attached hydrogen (secondary N) is 1. The normalized spacial score (nSPS) is 11.8. The Morgan fingerprint density at radius 3 is 2.70 bits per heavy atom. The largest absolute Gasteiger partial charge is 0.265 e. The summed E-state index contributed by atoms with van der Waals surface area (Å²) >= 11 is 3.29. The lowest BCUT2D eigenvalue weighted by atomic mass is 10.2. The van der Waals surface area contributed by atoms with E-state index in [2.05, 4.69) is 40.7 Å². The Balaban J connectivity index is 1.61. The second kappa shape index (κ2) is 6.74. The van der Waals surface area contributed by atoms with Gasteiger partial charge < -0.3 is 0 Å². The highest BCUT2D eigenvalue weighted by Crippen LogP contribution is 2.26. The van der Waals surface area contributed by atoms with E-state index in [-0.39, 0.29) is 22.0 Å². The Morgan fingerprint density at radius 1 is 1.15 bits per heavy atom. The van der Waals surface area contributed by atoms with Crippen molar-refractivity contribution >= 4 is 42.8 Å². The van der Waals surface area contributed by atoms with E-state index in [1.807, 2.05) is 0 Å². The maximum atomic E-state index is 13.0. The van der Waals surface area contributed by atoms with Gasteiger partial charge in [-0.25, -0.2) is 17.4 Å². The Kier molecular flexibility index (Phi) is 4.40. The molecule has 1 N–H and O–H groups in total. The van der Waals surface area contributed by atoms with Crippen LogP contribution >= 0.6 is 15.9 Å². The van der Waals surface area contributed by atoms with Crippen LogP contribution in [0.5, 0.6) is 0 Å². The van der Waals surface area contributed by atoms with E-state index in [9.17, 15) is 12.8 Å². The zero-order chi connectivity index (χ0) is 19.0. The third-order valence-corrected chi connectivity index (χ3v) is 5.70. The topological polar surface area (TPSA) is 103 Å². The molecule has 0 amide bonds. The van der Waals surface area contributed by atoms with E-state index in [1.54, 1.807) is 30.5 Å². The summed E-state index contributed by atoms with van der Waals surface area (Å²) in [6.07, 6.45) is 1.62. The number of benzene rings is 2. The number of nitrogens with zero attached hydrogens (tertiary/aromatic N) is 4. The smallest absolute Gasteiger partial charge is 0.265 e. The third kappa shape index (κ3) is 3.55. The minimum absolute atomic E-state index is 0.0683. The quantitative estimate of drug-likeness (QED) is 0.499. The summed E-state index contributed by atoms with van der Waals surface area (Å²) in [6.45, 7) is 0.351. The Labute approximate surface area is 161 Å². The number of fused-ring (bicyclic) bond motifs is 1. The molecule has 2 aromatic heterocycles. The van der Waals surface area contributed by atoms with Gasteiger partial charge in [0.25, 0.3) is 10.0 Å². The van der Waals surface area contributed by atoms with Crippen molar-refractivity contribution in [1.29, 1.82) is 0 Å². The molecule has 0 saturated carbocycles. The molecule has 0 atom stereocenters. The molecule has 2 aromatic carbocycles. The molecule has 8 nitrogen and oxygen atoms in total. The van der Waals surface area contributed by atoms with Gasteiger partial charge >= 0.3 is 0 Å². The molecule has 0 spiro atoms. The van der Waals surface area contributed by atoms with Gasteiger partial charge in [0.15, 0.2) is 11.3 Å². The molecule has 0 unspecified atom stereocenters. The minimum Gasteiger partial charge on any atom is -0.265 e. The Hall–Kier alpha value is -2.79. The maximum Gasteiger partial charge on any atom is 0.265 e. The van der Waals surface area contributed by atoms with Crippen LogP contribution in [0.3, 0.4) is 0 Å². The van der Waals surface area contributed by atoms with Gasteiger partial charge in [0.1, 0.15) is 16.2 Å². The van der Waals surface area contributed by atoms with Crippen molar-refractivity contribution in [2.75, 3.05) is 4.72 Å². The average Bonchev–Trinajstić information content (AvgIpc) is 3.23. The van der Waals surface area contributed by atoms with Gasteiger partial charge in [-0.1, -0.05) is 18.2 Å². The van der Waals surface area contributed by atoms with Crippen LogP contribution in [0.15, 0.2) is 62.7 Å². The van der Waals surface area contributed by atoms with Crippen LogP contribution in [0.25, 0.3) is 11.0 Å². The molecule has 138 valence electrons. The molecule has 4 aromatic rings. The summed E-state index contributed by atoms with van der Waals surface area (Å²) in [5, 5.41) is 11.5. The van der Waals surface area contributed by atoms with Crippen LogP contribution in [-0.4, -0.2) is 28.5 Å². The van der Waals surface area contributed by atoms with Crippen molar-refractivity contribution in [3.63, 3.8) is 0 Å². The summed E-state index contributed by atoms with van der Waals surface area (Å²) in [7, 11) is -3.97. The first-order valence-corrected chi connectivity index (χ1v) is 9.91. The summed E-state index contributed by atoms with van der Waals surface area (Å²) < 4.78 is 47.5. The van der Waals surface area contributed by atoms with E-state index < -0.39 is 10.0 Å². The van der Waals surface area contributed by atoms with Gasteiger partial charge in [-0.3, -0.25) is 9.40 Å². The lowest BCUT2D eigenvalue weighted by molar-refractivity contribution is 0.315. The van der Waals surface area contributed by atoms with E-state index >= 15 is 0 Å². The van der Waals surface area contributed by atoms with Crippen molar-refractivity contribution in [3.8, 4) is 0 Å². The molecule has 0 aliphatic heterocycles. The SMILES string of the molecule is O=S(=O)(Nc1nn(Cc2ccc(F)cc2)cc1Br)c1cccc2nonc12. The predicted octanol–water partition coefficient (Wildman–Crippen LogP) is 3.17. The molecule has 0 radical (unpaired) electrons. The fourth-order valence-corrected chi connectivity index (χ4v) is 4.22. The molecule has 0 aliphatic rings. The molecule has 0 saturated heterocycles. The van der Waals surface area contributed by atoms with Crippen LogP contribution in [-0.2, 0) is 16.6 Å². The van der Waals surface area contributed by atoms with Crippen molar-refractivity contribution in [1.82, 2.24) is 20.1 Å². The summed E-state index contributed by atoms with van der Waals surface area (Å²) in [4.78, 5) is -0.0683. The highest BCUT2D eigenvalue weighted by Gasteiger charge is 2.22. The number of hydrogen-bond acceptors (Lipinski definition) is 6. The molecule has 27 heavy (non-hydrogen) atoms.